The Morgan fingerprint density at radius 2 is 2.09 bits per heavy atom. The van der Waals surface area contributed by atoms with Gasteiger partial charge in [0, 0.05) is 24.6 Å². The van der Waals surface area contributed by atoms with Gasteiger partial charge in [0.2, 0.25) is 5.91 Å². The summed E-state index contributed by atoms with van der Waals surface area (Å²) in [5.74, 6) is 0.764. The molecular formula is C17H25N3O3. The van der Waals surface area contributed by atoms with Crippen LogP contribution >= 0.6 is 0 Å². The first-order valence-corrected chi connectivity index (χ1v) is 8.11. The maximum atomic E-state index is 12.0. The summed E-state index contributed by atoms with van der Waals surface area (Å²) >= 11 is 0. The van der Waals surface area contributed by atoms with E-state index in [9.17, 15) is 9.59 Å². The minimum absolute atomic E-state index is 0.0616. The van der Waals surface area contributed by atoms with E-state index in [0.29, 0.717) is 13.2 Å². The molecule has 1 aliphatic heterocycles. The van der Waals surface area contributed by atoms with Crippen molar-refractivity contribution in [2.75, 3.05) is 13.2 Å². The van der Waals surface area contributed by atoms with Crippen LogP contribution < -0.4 is 20.7 Å². The molecule has 1 aliphatic rings. The van der Waals surface area contributed by atoms with Gasteiger partial charge in [0.05, 0.1) is 12.6 Å². The minimum atomic E-state index is -0.260. The topological polar surface area (TPSA) is 79.5 Å². The molecule has 1 aromatic carbocycles. The lowest BCUT2D eigenvalue weighted by atomic mass is 10.0. The molecule has 0 radical (unpaired) electrons. The number of hydrogen-bond acceptors (Lipinski definition) is 3. The lowest BCUT2D eigenvalue weighted by molar-refractivity contribution is -0.121. The van der Waals surface area contributed by atoms with Gasteiger partial charge in [-0.05, 0) is 32.8 Å². The van der Waals surface area contributed by atoms with E-state index >= 15 is 0 Å². The first-order chi connectivity index (χ1) is 11.1. The molecule has 3 N–H and O–H groups in total. The fourth-order valence-electron chi connectivity index (χ4n) is 2.57. The van der Waals surface area contributed by atoms with Gasteiger partial charge in [0.1, 0.15) is 5.75 Å². The van der Waals surface area contributed by atoms with E-state index in [1.807, 2.05) is 38.1 Å². The second kappa shape index (κ2) is 8.41. The summed E-state index contributed by atoms with van der Waals surface area (Å²) in [6.45, 7) is 4.79. The molecular weight excluding hydrogens is 294 g/mol. The third kappa shape index (κ3) is 5.47. The quantitative estimate of drug-likeness (QED) is 0.778. The molecule has 3 amide bonds. The Bertz CT molecular complexity index is 546. The Kier molecular flexibility index (Phi) is 6.26. The Morgan fingerprint density at radius 1 is 1.30 bits per heavy atom. The zero-order valence-electron chi connectivity index (χ0n) is 13.7. The molecule has 1 aromatic rings. The fourth-order valence-corrected chi connectivity index (χ4v) is 2.57. The Morgan fingerprint density at radius 3 is 2.87 bits per heavy atom. The van der Waals surface area contributed by atoms with Crippen molar-refractivity contribution in [1.82, 2.24) is 16.0 Å². The first-order valence-electron chi connectivity index (χ1n) is 8.11. The van der Waals surface area contributed by atoms with Crippen LogP contribution in [0.25, 0.3) is 0 Å². The molecule has 0 fully saturated rings. The molecule has 126 valence electrons. The van der Waals surface area contributed by atoms with Gasteiger partial charge in [0.25, 0.3) is 0 Å². The van der Waals surface area contributed by atoms with Gasteiger partial charge in [-0.25, -0.2) is 4.79 Å². The number of carbonyl (C=O) groups excluding carboxylic acids is 2. The number of para-hydroxylation sites is 1. The van der Waals surface area contributed by atoms with E-state index in [-0.39, 0.29) is 30.4 Å². The number of carbonyl (C=O) groups is 2. The molecule has 1 heterocycles. The molecule has 0 bridgehead atoms. The van der Waals surface area contributed by atoms with Crippen LogP contribution in [0.2, 0.25) is 0 Å². The van der Waals surface area contributed by atoms with Crippen LogP contribution in [0.4, 0.5) is 4.79 Å². The maximum Gasteiger partial charge on any atom is 0.315 e. The normalized spacial score (nSPS) is 16.7. The molecule has 0 aromatic heterocycles. The molecule has 0 saturated heterocycles. The summed E-state index contributed by atoms with van der Waals surface area (Å²) in [7, 11) is 0. The molecule has 6 nitrogen and oxygen atoms in total. The highest BCUT2D eigenvalue weighted by Gasteiger charge is 2.20. The standard InChI is InChI=1S/C17H25N3O3/c1-12(2)19-16(21)9-10-18-17(22)20-14-7-5-11-23-15-8-4-3-6-13(14)15/h3-4,6,8,12,14H,5,7,9-11H2,1-2H3,(H,19,21)(H2,18,20,22)/t14-/m0/s1. The number of urea groups is 1. The Balaban J connectivity index is 1.82. The van der Waals surface area contributed by atoms with Crippen LogP contribution in [0.15, 0.2) is 24.3 Å². The minimum Gasteiger partial charge on any atom is -0.493 e. The second-order valence-corrected chi connectivity index (χ2v) is 5.95. The van der Waals surface area contributed by atoms with E-state index in [4.69, 9.17) is 4.74 Å². The number of benzene rings is 1. The average molecular weight is 319 g/mol. The smallest absolute Gasteiger partial charge is 0.315 e. The third-order valence-electron chi connectivity index (χ3n) is 3.58. The summed E-state index contributed by atoms with van der Waals surface area (Å²) in [5, 5.41) is 8.49. The van der Waals surface area contributed by atoms with Crippen molar-refractivity contribution in [2.45, 2.75) is 45.2 Å². The molecule has 0 saturated carbocycles. The largest absolute Gasteiger partial charge is 0.493 e. The molecule has 0 unspecified atom stereocenters. The monoisotopic (exact) mass is 319 g/mol. The van der Waals surface area contributed by atoms with Crippen LogP contribution in [-0.2, 0) is 4.79 Å². The van der Waals surface area contributed by atoms with Crippen LogP contribution in [0.5, 0.6) is 5.75 Å². The van der Waals surface area contributed by atoms with E-state index in [1.165, 1.54) is 0 Å². The number of nitrogens with one attached hydrogen (secondary N) is 3. The highest BCUT2D eigenvalue weighted by atomic mass is 16.5. The number of amides is 3. The highest BCUT2D eigenvalue weighted by molar-refractivity contribution is 5.78. The summed E-state index contributed by atoms with van der Waals surface area (Å²) in [5.41, 5.74) is 0.998. The molecule has 1 atom stereocenters. The zero-order chi connectivity index (χ0) is 16.7. The number of ether oxygens (including phenoxy) is 1. The van der Waals surface area contributed by atoms with Crippen LogP contribution in [0.1, 0.15) is 44.7 Å². The Labute approximate surface area is 137 Å². The van der Waals surface area contributed by atoms with Gasteiger partial charge in [0.15, 0.2) is 0 Å². The van der Waals surface area contributed by atoms with E-state index in [1.54, 1.807) is 0 Å². The number of rotatable bonds is 5. The summed E-state index contributed by atoms with van der Waals surface area (Å²) in [6, 6.07) is 7.54. The van der Waals surface area contributed by atoms with E-state index < -0.39 is 0 Å². The van der Waals surface area contributed by atoms with Gasteiger partial charge < -0.3 is 20.7 Å². The number of fused-ring (bicyclic) bond motifs is 1. The fraction of sp³-hybridized carbons (Fsp3) is 0.529. The average Bonchev–Trinajstić information content (AvgIpc) is 2.69. The molecule has 0 spiro atoms. The summed E-state index contributed by atoms with van der Waals surface area (Å²) < 4.78 is 5.69. The first kappa shape index (κ1) is 17.1. The lowest BCUT2D eigenvalue weighted by Gasteiger charge is -2.18. The van der Waals surface area contributed by atoms with Gasteiger partial charge in [-0.15, -0.1) is 0 Å². The van der Waals surface area contributed by atoms with Crippen molar-refractivity contribution < 1.29 is 14.3 Å². The summed E-state index contributed by atoms with van der Waals surface area (Å²) in [6.07, 6.45) is 1.99. The van der Waals surface area contributed by atoms with Crippen LogP contribution in [0, 0.1) is 0 Å². The third-order valence-corrected chi connectivity index (χ3v) is 3.58. The van der Waals surface area contributed by atoms with Gasteiger partial charge in [-0.3, -0.25) is 4.79 Å². The number of hydrogen-bond donors (Lipinski definition) is 3. The van der Waals surface area contributed by atoms with Crippen molar-refractivity contribution in [2.24, 2.45) is 0 Å². The van der Waals surface area contributed by atoms with Crippen molar-refractivity contribution in [3.05, 3.63) is 29.8 Å². The highest BCUT2D eigenvalue weighted by Crippen LogP contribution is 2.30. The zero-order valence-corrected chi connectivity index (χ0v) is 13.7. The Hall–Kier alpha value is -2.24. The van der Waals surface area contributed by atoms with Crippen LogP contribution in [-0.4, -0.2) is 31.1 Å². The SMILES string of the molecule is CC(C)NC(=O)CCNC(=O)N[C@H]1CCCOc2ccccc21. The van der Waals surface area contributed by atoms with Gasteiger partial charge in [-0.2, -0.15) is 0 Å². The summed E-state index contributed by atoms with van der Waals surface area (Å²) in [4.78, 5) is 23.6. The maximum absolute atomic E-state index is 12.0. The molecule has 0 aliphatic carbocycles. The molecule has 6 heteroatoms. The van der Waals surface area contributed by atoms with Crippen molar-refractivity contribution >= 4 is 11.9 Å². The predicted molar refractivity (Wildman–Crippen MR) is 88.3 cm³/mol. The second-order valence-electron chi connectivity index (χ2n) is 5.95. The van der Waals surface area contributed by atoms with Crippen molar-refractivity contribution in [3.63, 3.8) is 0 Å². The van der Waals surface area contributed by atoms with Crippen molar-refractivity contribution in [1.29, 1.82) is 0 Å². The van der Waals surface area contributed by atoms with Gasteiger partial charge >= 0.3 is 6.03 Å². The van der Waals surface area contributed by atoms with E-state index in [2.05, 4.69) is 16.0 Å². The van der Waals surface area contributed by atoms with Crippen molar-refractivity contribution in [3.8, 4) is 5.75 Å². The molecule has 2 rings (SSSR count). The molecule has 23 heavy (non-hydrogen) atoms. The lowest BCUT2D eigenvalue weighted by Crippen LogP contribution is -2.40. The van der Waals surface area contributed by atoms with E-state index in [0.717, 1.165) is 24.2 Å². The predicted octanol–water partition coefficient (Wildman–Crippen LogP) is 2.11. The van der Waals surface area contributed by atoms with Crippen LogP contribution in [0.3, 0.4) is 0 Å². The van der Waals surface area contributed by atoms with Gasteiger partial charge in [-0.1, -0.05) is 18.2 Å².